The summed E-state index contributed by atoms with van der Waals surface area (Å²) in [5.41, 5.74) is 6.50. The van der Waals surface area contributed by atoms with Crippen molar-refractivity contribution in [2.75, 3.05) is 0 Å². The highest BCUT2D eigenvalue weighted by atomic mass is 16.4. The molecule has 30 heavy (non-hydrogen) atoms. The van der Waals surface area contributed by atoms with Gasteiger partial charge in [-0.2, -0.15) is 0 Å². The molecule has 0 amide bonds. The summed E-state index contributed by atoms with van der Waals surface area (Å²) < 4.78 is 2.18. The largest absolute Gasteiger partial charge is 0.478 e. The summed E-state index contributed by atoms with van der Waals surface area (Å²) in [6, 6.07) is 9.12. The van der Waals surface area contributed by atoms with Gasteiger partial charge < -0.3 is 9.67 Å². The van der Waals surface area contributed by atoms with E-state index < -0.39 is 5.97 Å². The SMILES string of the molecule is CCn1cc(-c2ccc(C(=O)O)cc2)cc1-c1cnc2c(n1)C(C)(C)CCC2(C)C. The van der Waals surface area contributed by atoms with E-state index in [-0.39, 0.29) is 10.8 Å². The normalized spacial score (nSPS) is 16.8. The van der Waals surface area contributed by atoms with Crippen LogP contribution in [0.5, 0.6) is 0 Å². The van der Waals surface area contributed by atoms with Crippen molar-refractivity contribution in [3.05, 3.63) is 59.7 Å². The summed E-state index contributed by atoms with van der Waals surface area (Å²) in [5, 5.41) is 9.14. The molecule has 1 N–H and O–H groups in total. The van der Waals surface area contributed by atoms with Gasteiger partial charge in [0.2, 0.25) is 0 Å². The number of nitrogens with zero attached hydrogens (tertiary/aromatic N) is 3. The quantitative estimate of drug-likeness (QED) is 0.608. The maximum Gasteiger partial charge on any atom is 0.335 e. The fourth-order valence-corrected chi connectivity index (χ4v) is 4.29. The highest BCUT2D eigenvalue weighted by Gasteiger charge is 2.39. The third kappa shape index (κ3) is 3.42. The Labute approximate surface area is 177 Å². The van der Waals surface area contributed by atoms with Gasteiger partial charge in [-0.05, 0) is 43.5 Å². The third-order valence-electron chi connectivity index (χ3n) is 6.39. The predicted molar refractivity (Wildman–Crippen MR) is 119 cm³/mol. The van der Waals surface area contributed by atoms with Crippen LogP contribution in [0.15, 0.2) is 42.7 Å². The van der Waals surface area contributed by atoms with Gasteiger partial charge in [-0.25, -0.2) is 9.78 Å². The van der Waals surface area contributed by atoms with Crippen molar-refractivity contribution in [3.63, 3.8) is 0 Å². The summed E-state index contributed by atoms with van der Waals surface area (Å²) in [4.78, 5) is 21.1. The van der Waals surface area contributed by atoms with E-state index in [0.29, 0.717) is 5.56 Å². The second-order valence-electron chi connectivity index (χ2n) is 9.50. The zero-order valence-electron chi connectivity index (χ0n) is 18.4. The van der Waals surface area contributed by atoms with Crippen molar-refractivity contribution < 1.29 is 9.90 Å². The Morgan fingerprint density at radius 3 is 2.27 bits per heavy atom. The number of aromatic carboxylic acids is 1. The van der Waals surface area contributed by atoms with Crippen LogP contribution >= 0.6 is 0 Å². The Bertz CT molecular complexity index is 1110. The molecule has 1 aromatic carbocycles. The van der Waals surface area contributed by atoms with Crippen LogP contribution in [-0.4, -0.2) is 25.6 Å². The lowest BCUT2D eigenvalue weighted by Gasteiger charge is -2.39. The first-order chi connectivity index (χ1) is 14.1. The Morgan fingerprint density at radius 1 is 1.03 bits per heavy atom. The number of aryl methyl sites for hydroxylation is 1. The minimum atomic E-state index is -0.914. The maximum atomic E-state index is 11.1. The number of rotatable bonds is 4. The molecule has 156 valence electrons. The van der Waals surface area contributed by atoms with Gasteiger partial charge in [-0.3, -0.25) is 4.98 Å². The van der Waals surface area contributed by atoms with E-state index >= 15 is 0 Å². The van der Waals surface area contributed by atoms with Crippen LogP contribution in [0.2, 0.25) is 0 Å². The first kappa shape index (κ1) is 20.3. The molecule has 5 nitrogen and oxygen atoms in total. The van der Waals surface area contributed by atoms with E-state index in [0.717, 1.165) is 53.3 Å². The van der Waals surface area contributed by atoms with Crippen LogP contribution < -0.4 is 0 Å². The second kappa shape index (κ2) is 7.08. The molecule has 1 aliphatic carbocycles. The summed E-state index contributed by atoms with van der Waals surface area (Å²) in [5.74, 6) is -0.914. The zero-order chi connectivity index (χ0) is 21.7. The van der Waals surface area contributed by atoms with Gasteiger partial charge in [0, 0.05) is 29.1 Å². The van der Waals surface area contributed by atoms with Crippen LogP contribution in [0.25, 0.3) is 22.5 Å². The van der Waals surface area contributed by atoms with E-state index in [9.17, 15) is 4.79 Å². The first-order valence-corrected chi connectivity index (χ1v) is 10.5. The first-order valence-electron chi connectivity index (χ1n) is 10.5. The topological polar surface area (TPSA) is 68.0 Å². The van der Waals surface area contributed by atoms with Crippen molar-refractivity contribution in [1.29, 1.82) is 0 Å². The van der Waals surface area contributed by atoms with Gasteiger partial charge in [-0.1, -0.05) is 39.8 Å². The third-order valence-corrected chi connectivity index (χ3v) is 6.39. The molecule has 0 aliphatic heterocycles. The molecule has 2 aromatic heterocycles. The number of hydrogen-bond donors (Lipinski definition) is 1. The predicted octanol–water partition coefficient (Wildman–Crippen LogP) is 5.68. The van der Waals surface area contributed by atoms with Gasteiger partial charge in [0.25, 0.3) is 0 Å². The number of carboxylic acid groups (broad SMARTS) is 1. The molecule has 0 spiro atoms. The van der Waals surface area contributed by atoms with E-state index in [2.05, 4.69) is 51.4 Å². The summed E-state index contributed by atoms with van der Waals surface area (Å²) >= 11 is 0. The van der Waals surface area contributed by atoms with Crippen LogP contribution in [0.1, 0.15) is 69.2 Å². The van der Waals surface area contributed by atoms with Gasteiger partial charge in [0.1, 0.15) is 5.69 Å². The molecule has 0 unspecified atom stereocenters. The lowest BCUT2D eigenvalue weighted by atomic mass is 9.67. The highest BCUT2D eigenvalue weighted by Crippen LogP contribution is 2.44. The van der Waals surface area contributed by atoms with E-state index in [4.69, 9.17) is 15.1 Å². The Hall–Kier alpha value is -2.95. The molecule has 0 saturated carbocycles. The van der Waals surface area contributed by atoms with E-state index in [1.54, 1.807) is 12.1 Å². The smallest absolute Gasteiger partial charge is 0.335 e. The average molecular weight is 404 g/mol. The number of aromatic nitrogens is 3. The Morgan fingerprint density at radius 2 is 1.67 bits per heavy atom. The zero-order valence-corrected chi connectivity index (χ0v) is 18.4. The Kier molecular flexibility index (Phi) is 4.80. The average Bonchev–Trinajstić information content (AvgIpc) is 3.16. The number of hydrogen-bond acceptors (Lipinski definition) is 3. The van der Waals surface area contributed by atoms with Crippen molar-refractivity contribution in [2.24, 2.45) is 0 Å². The standard InChI is InChI=1S/C25H29N3O2/c1-6-28-15-18(16-7-9-17(10-8-16)23(29)30)13-20(28)19-14-26-21-22(27-19)25(4,5)12-11-24(21,2)3/h7-10,13-15H,6,11-12H2,1-5H3,(H,29,30). The van der Waals surface area contributed by atoms with Crippen LogP contribution in [0, 0.1) is 0 Å². The molecule has 0 saturated heterocycles. The second-order valence-corrected chi connectivity index (χ2v) is 9.50. The van der Waals surface area contributed by atoms with Gasteiger partial charge >= 0.3 is 5.97 Å². The minimum Gasteiger partial charge on any atom is -0.478 e. The van der Waals surface area contributed by atoms with E-state index in [1.807, 2.05) is 18.3 Å². The summed E-state index contributed by atoms with van der Waals surface area (Å²) in [7, 11) is 0. The number of carbonyl (C=O) groups is 1. The van der Waals surface area contributed by atoms with E-state index in [1.165, 1.54) is 0 Å². The fourth-order valence-electron chi connectivity index (χ4n) is 4.29. The van der Waals surface area contributed by atoms with Crippen LogP contribution in [0.3, 0.4) is 0 Å². The monoisotopic (exact) mass is 403 g/mol. The molecule has 5 heteroatoms. The fraction of sp³-hybridized carbons (Fsp3) is 0.400. The highest BCUT2D eigenvalue weighted by molar-refractivity contribution is 5.88. The molecular weight excluding hydrogens is 374 g/mol. The summed E-state index contributed by atoms with van der Waals surface area (Å²) in [6.07, 6.45) is 6.21. The Balaban J connectivity index is 1.79. The minimum absolute atomic E-state index is 0.00694. The van der Waals surface area contributed by atoms with Crippen LogP contribution in [-0.2, 0) is 17.4 Å². The van der Waals surface area contributed by atoms with Crippen LogP contribution in [0.4, 0.5) is 0 Å². The number of carboxylic acids is 1. The molecule has 0 fully saturated rings. The van der Waals surface area contributed by atoms with Crippen molar-refractivity contribution >= 4 is 5.97 Å². The molecule has 4 rings (SSSR count). The maximum absolute atomic E-state index is 11.1. The molecule has 3 aromatic rings. The number of benzene rings is 1. The molecule has 0 radical (unpaired) electrons. The van der Waals surface area contributed by atoms with Gasteiger partial charge in [0.05, 0.1) is 28.8 Å². The van der Waals surface area contributed by atoms with Crippen molar-refractivity contribution in [2.45, 2.75) is 64.8 Å². The van der Waals surface area contributed by atoms with Crippen molar-refractivity contribution in [1.82, 2.24) is 14.5 Å². The lowest BCUT2D eigenvalue weighted by molar-refractivity contribution is 0.0697. The van der Waals surface area contributed by atoms with Gasteiger partial charge in [-0.15, -0.1) is 0 Å². The number of fused-ring (bicyclic) bond motifs is 1. The van der Waals surface area contributed by atoms with Crippen molar-refractivity contribution in [3.8, 4) is 22.5 Å². The lowest BCUT2D eigenvalue weighted by Crippen LogP contribution is -2.36. The molecule has 1 aliphatic rings. The summed E-state index contributed by atoms with van der Waals surface area (Å²) in [6.45, 7) is 11.9. The molecule has 0 bridgehead atoms. The molecule has 2 heterocycles. The molecule has 0 atom stereocenters. The molecular formula is C25H29N3O2. The van der Waals surface area contributed by atoms with Gasteiger partial charge in [0.15, 0.2) is 0 Å².